The third-order valence-corrected chi connectivity index (χ3v) is 3.51. The van der Waals surface area contributed by atoms with Crippen molar-refractivity contribution in [3.63, 3.8) is 0 Å². The first kappa shape index (κ1) is 11.0. The van der Waals surface area contributed by atoms with Gasteiger partial charge in [0.05, 0.1) is 10.5 Å². The van der Waals surface area contributed by atoms with Crippen molar-refractivity contribution in [2.45, 2.75) is 19.4 Å². The van der Waals surface area contributed by atoms with Crippen LogP contribution in [0.15, 0.2) is 12.1 Å². The van der Waals surface area contributed by atoms with Gasteiger partial charge in [0, 0.05) is 6.61 Å². The number of imidazole rings is 1. The van der Waals surface area contributed by atoms with Gasteiger partial charge in [-0.25, -0.2) is 9.37 Å². The minimum atomic E-state index is -0.475. The van der Waals surface area contributed by atoms with Crippen LogP contribution in [-0.2, 0) is 4.74 Å². The maximum absolute atomic E-state index is 13.7. The van der Waals surface area contributed by atoms with E-state index in [0.717, 1.165) is 13.0 Å². The van der Waals surface area contributed by atoms with Gasteiger partial charge in [-0.05, 0) is 24.5 Å². The van der Waals surface area contributed by atoms with Gasteiger partial charge >= 0.3 is 0 Å². The lowest BCUT2D eigenvalue weighted by atomic mass is 10.0. The van der Waals surface area contributed by atoms with E-state index in [1.54, 1.807) is 6.07 Å². The predicted octanol–water partition coefficient (Wildman–Crippen LogP) is 3.45. The normalized spacial score (nSPS) is 24.6. The molecule has 5 heteroatoms. The Morgan fingerprint density at radius 2 is 2.35 bits per heavy atom. The summed E-state index contributed by atoms with van der Waals surface area (Å²) in [5.41, 5.74) is 0.944. The minimum absolute atomic E-state index is 0.0689. The first-order valence-corrected chi connectivity index (χ1v) is 6.00. The van der Waals surface area contributed by atoms with Crippen LogP contribution in [0.1, 0.15) is 25.3 Å². The Bertz CT molecular complexity index is 569. The maximum atomic E-state index is 13.7. The fraction of sp³-hybridized carbons (Fsp3) is 0.417. The molecule has 0 spiro atoms. The highest BCUT2D eigenvalue weighted by Gasteiger charge is 2.29. The number of aromatic nitrogens is 2. The van der Waals surface area contributed by atoms with E-state index in [2.05, 4.69) is 16.9 Å². The maximum Gasteiger partial charge on any atom is 0.169 e. The molecule has 3 rings (SSSR count). The fourth-order valence-corrected chi connectivity index (χ4v) is 2.37. The number of nitrogens with zero attached hydrogens (tertiary/aromatic N) is 1. The van der Waals surface area contributed by atoms with Crippen molar-refractivity contribution in [3.05, 3.63) is 28.8 Å². The van der Waals surface area contributed by atoms with Crippen LogP contribution in [0.4, 0.5) is 4.39 Å². The quantitative estimate of drug-likeness (QED) is 0.846. The van der Waals surface area contributed by atoms with Crippen LogP contribution in [0.5, 0.6) is 0 Å². The number of nitrogens with one attached hydrogen (secondary N) is 1. The lowest BCUT2D eigenvalue weighted by Gasteiger charge is -2.10. The third-order valence-electron chi connectivity index (χ3n) is 3.22. The largest absolute Gasteiger partial charge is 0.370 e. The number of halogens is 2. The summed E-state index contributed by atoms with van der Waals surface area (Å²) in [6, 6.07) is 3.26. The average Bonchev–Trinajstić information content (AvgIpc) is 2.89. The molecule has 1 aromatic carbocycles. The van der Waals surface area contributed by atoms with E-state index in [4.69, 9.17) is 16.3 Å². The van der Waals surface area contributed by atoms with Crippen LogP contribution in [0.3, 0.4) is 0 Å². The Balaban J connectivity index is 2.10. The molecule has 2 unspecified atom stereocenters. The molecule has 0 amide bonds. The first-order chi connectivity index (χ1) is 8.16. The Hall–Kier alpha value is -1.13. The van der Waals surface area contributed by atoms with Gasteiger partial charge in [-0.15, -0.1) is 0 Å². The molecule has 90 valence electrons. The van der Waals surface area contributed by atoms with Gasteiger partial charge in [0.25, 0.3) is 0 Å². The Morgan fingerprint density at radius 3 is 3.06 bits per heavy atom. The summed E-state index contributed by atoms with van der Waals surface area (Å²) in [4.78, 5) is 7.37. The average molecular weight is 255 g/mol. The summed E-state index contributed by atoms with van der Waals surface area (Å²) in [6.45, 7) is 2.83. The highest BCUT2D eigenvalue weighted by Crippen LogP contribution is 2.34. The molecule has 2 aromatic rings. The minimum Gasteiger partial charge on any atom is -0.370 e. The molecular weight excluding hydrogens is 243 g/mol. The van der Waals surface area contributed by atoms with Crippen LogP contribution < -0.4 is 0 Å². The molecule has 0 radical (unpaired) electrons. The molecule has 2 heterocycles. The smallest absolute Gasteiger partial charge is 0.169 e. The second-order valence-electron chi connectivity index (χ2n) is 4.44. The van der Waals surface area contributed by atoms with E-state index in [1.807, 2.05) is 0 Å². The van der Waals surface area contributed by atoms with E-state index in [1.165, 1.54) is 6.07 Å². The van der Waals surface area contributed by atoms with E-state index < -0.39 is 5.82 Å². The van der Waals surface area contributed by atoms with Gasteiger partial charge in [-0.3, -0.25) is 0 Å². The predicted molar refractivity (Wildman–Crippen MR) is 63.5 cm³/mol. The van der Waals surface area contributed by atoms with E-state index in [0.29, 0.717) is 17.3 Å². The molecule has 1 N–H and O–H groups in total. The second kappa shape index (κ2) is 3.96. The fourth-order valence-electron chi connectivity index (χ4n) is 2.22. The highest BCUT2D eigenvalue weighted by molar-refractivity contribution is 6.31. The van der Waals surface area contributed by atoms with Crippen LogP contribution in [0.25, 0.3) is 11.0 Å². The lowest BCUT2D eigenvalue weighted by molar-refractivity contribution is 0.0882. The molecule has 1 aliphatic rings. The van der Waals surface area contributed by atoms with Crippen molar-refractivity contribution in [1.82, 2.24) is 9.97 Å². The standard InChI is InChI=1S/C12H12ClFN2O/c1-6-4-5-17-11(6)12-15-8-3-2-7(13)9(14)10(8)16-12/h2-3,6,11H,4-5H2,1H3,(H,15,16). The van der Waals surface area contributed by atoms with Gasteiger partial charge in [0.2, 0.25) is 0 Å². The van der Waals surface area contributed by atoms with Gasteiger partial charge in [-0.1, -0.05) is 18.5 Å². The molecule has 0 saturated carbocycles. The molecule has 1 aliphatic heterocycles. The molecule has 0 aliphatic carbocycles. The van der Waals surface area contributed by atoms with Gasteiger partial charge in [0.15, 0.2) is 5.82 Å². The number of hydrogen-bond acceptors (Lipinski definition) is 2. The molecule has 17 heavy (non-hydrogen) atoms. The SMILES string of the molecule is CC1CCOC1c1nc2c(F)c(Cl)ccc2[nH]1. The number of aromatic amines is 1. The summed E-state index contributed by atoms with van der Waals surface area (Å²) in [5, 5.41) is 0.0935. The number of rotatable bonds is 1. The third kappa shape index (κ3) is 1.72. The van der Waals surface area contributed by atoms with Crippen molar-refractivity contribution in [2.75, 3.05) is 6.61 Å². The summed E-state index contributed by atoms with van der Waals surface area (Å²) in [7, 11) is 0. The van der Waals surface area contributed by atoms with E-state index in [-0.39, 0.29) is 16.6 Å². The first-order valence-electron chi connectivity index (χ1n) is 5.62. The number of hydrogen-bond donors (Lipinski definition) is 1. The summed E-state index contributed by atoms with van der Waals surface area (Å²) in [5.74, 6) is 0.609. The van der Waals surface area contributed by atoms with Crippen molar-refractivity contribution in [2.24, 2.45) is 5.92 Å². The summed E-state index contributed by atoms with van der Waals surface area (Å²) >= 11 is 5.73. The number of ether oxygens (including phenoxy) is 1. The number of fused-ring (bicyclic) bond motifs is 1. The molecule has 1 saturated heterocycles. The number of H-pyrrole nitrogens is 1. The zero-order valence-electron chi connectivity index (χ0n) is 9.34. The summed E-state index contributed by atoms with van der Waals surface area (Å²) < 4.78 is 19.3. The van der Waals surface area contributed by atoms with Gasteiger partial charge < -0.3 is 9.72 Å². The van der Waals surface area contributed by atoms with Crippen LogP contribution in [-0.4, -0.2) is 16.6 Å². The zero-order valence-corrected chi connectivity index (χ0v) is 10.1. The molecule has 2 atom stereocenters. The molecule has 3 nitrogen and oxygen atoms in total. The molecule has 1 fully saturated rings. The zero-order chi connectivity index (χ0) is 12.0. The van der Waals surface area contributed by atoms with Crippen molar-refractivity contribution < 1.29 is 9.13 Å². The molecule has 1 aromatic heterocycles. The Kier molecular flexibility index (Phi) is 2.56. The molecular formula is C12H12ClFN2O. The van der Waals surface area contributed by atoms with Crippen molar-refractivity contribution in [1.29, 1.82) is 0 Å². The van der Waals surface area contributed by atoms with Crippen LogP contribution in [0, 0.1) is 11.7 Å². The van der Waals surface area contributed by atoms with E-state index in [9.17, 15) is 4.39 Å². The van der Waals surface area contributed by atoms with Gasteiger partial charge in [0.1, 0.15) is 17.4 Å². The van der Waals surface area contributed by atoms with Crippen molar-refractivity contribution in [3.8, 4) is 0 Å². The molecule has 0 bridgehead atoms. The Morgan fingerprint density at radius 1 is 1.53 bits per heavy atom. The van der Waals surface area contributed by atoms with Crippen LogP contribution in [0.2, 0.25) is 5.02 Å². The number of benzene rings is 1. The monoisotopic (exact) mass is 254 g/mol. The Labute approximate surface area is 103 Å². The van der Waals surface area contributed by atoms with Crippen LogP contribution >= 0.6 is 11.6 Å². The lowest BCUT2D eigenvalue weighted by Crippen LogP contribution is -2.05. The second-order valence-corrected chi connectivity index (χ2v) is 4.84. The highest BCUT2D eigenvalue weighted by atomic mass is 35.5. The summed E-state index contributed by atoms with van der Waals surface area (Å²) in [6.07, 6.45) is 0.936. The van der Waals surface area contributed by atoms with Gasteiger partial charge in [-0.2, -0.15) is 0 Å². The van der Waals surface area contributed by atoms with Crippen molar-refractivity contribution >= 4 is 22.6 Å². The topological polar surface area (TPSA) is 37.9 Å². The van der Waals surface area contributed by atoms with E-state index >= 15 is 0 Å².